The average molecular weight is 320 g/mol. The Morgan fingerprint density at radius 3 is 2.83 bits per heavy atom. The van der Waals surface area contributed by atoms with E-state index >= 15 is 0 Å². The fourth-order valence-corrected chi connectivity index (χ4v) is 2.65. The minimum absolute atomic E-state index is 0.0431. The number of ether oxygens (including phenoxy) is 2. The van der Waals surface area contributed by atoms with Crippen LogP contribution in [0.2, 0.25) is 0 Å². The summed E-state index contributed by atoms with van der Waals surface area (Å²) < 4.78 is 11.3. The maximum absolute atomic E-state index is 12.2. The van der Waals surface area contributed by atoms with E-state index in [-0.39, 0.29) is 6.03 Å². The molecule has 5 nitrogen and oxygen atoms in total. The van der Waals surface area contributed by atoms with Gasteiger partial charge in [-0.05, 0) is 43.7 Å². The molecule has 1 aliphatic heterocycles. The lowest BCUT2D eigenvalue weighted by molar-refractivity contribution is 0.248. The van der Waals surface area contributed by atoms with E-state index in [0.29, 0.717) is 24.0 Å². The number of amides is 2. The zero-order valence-corrected chi connectivity index (χ0v) is 14.4. The molecule has 0 saturated carbocycles. The van der Waals surface area contributed by atoms with E-state index in [1.807, 2.05) is 18.2 Å². The third-order valence-corrected chi connectivity index (χ3v) is 3.97. The highest BCUT2D eigenvalue weighted by Gasteiger charge is 2.19. The summed E-state index contributed by atoms with van der Waals surface area (Å²) in [5.41, 5.74) is 0.851. The number of benzene rings is 1. The predicted molar refractivity (Wildman–Crippen MR) is 92.5 cm³/mol. The molecule has 0 aromatic heterocycles. The highest BCUT2D eigenvalue weighted by Crippen LogP contribution is 2.32. The zero-order valence-electron chi connectivity index (χ0n) is 14.4. The van der Waals surface area contributed by atoms with Crippen LogP contribution >= 0.6 is 0 Å². The maximum atomic E-state index is 12.2. The Kier molecular flexibility index (Phi) is 6.56. The van der Waals surface area contributed by atoms with Gasteiger partial charge in [0.15, 0.2) is 11.5 Å². The first-order chi connectivity index (χ1) is 11.1. The van der Waals surface area contributed by atoms with Crippen molar-refractivity contribution in [2.45, 2.75) is 39.5 Å². The summed E-state index contributed by atoms with van der Waals surface area (Å²) in [6, 6.07) is 5.63. The Morgan fingerprint density at radius 2 is 2.09 bits per heavy atom. The largest absolute Gasteiger partial charge is 0.493 e. The minimum Gasteiger partial charge on any atom is -0.493 e. The van der Waals surface area contributed by atoms with Crippen LogP contribution in [-0.2, 0) is 0 Å². The van der Waals surface area contributed by atoms with Gasteiger partial charge in [-0.15, -0.1) is 0 Å². The number of methoxy groups -OCH3 is 1. The summed E-state index contributed by atoms with van der Waals surface area (Å²) in [4.78, 5) is 13.9. The fourth-order valence-electron chi connectivity index (χ4n) is 2.65. The molecule has 0 atom stereocenters. The van der Waals surface area contributed by atoms with Gasteiger partial charge in [-0.1, -0.05) is 13.8 Å². The van der Waals surface area contributed by atoms with E-state index in [2.05, 4.69) is 19.2 Å². The van der Waals surface area contributed by atoms with Crippen molar-refractivity contribution in [3.8, 4) is 11.5 Å². The number of rotatable bonds is 7. The van der Waals surface area contributed by atoms with Crippen molar-refractivity contribution in [1.82, 2.24) is 5.32 Å². The lowest BCUT2D eigenvalue weighted by Crippen LogP contribution is -2.38. The van der Waals surface area contributed by atoms with Gasteiger partial charge >= 0.3 is 6.03 Å². The number of anilines is 1. The number of hydrogen-bond donors (Lipinski definition) is 1. The summed E-state index contributed by atoms with van der Waals surface area (Å²) in [6.45, 7) is 6.54. The Hall–Kier alpha value is -1.91. The third kappa shape index (κ3) is 5.05. The van der Waals surface area contributed by atoms with Crippen molar-refractivity contribution in [3.05, 3.63) is 18.2 Å². The normalized spacial score (nSPS) is 15.3. The molecule has 1 heterocycles. The Bertz CT molecular complexity index is 517. The molecule has 0 aliphatic carbocycles. The van der Waals surface area contributed by atoms with Crippen LogP contribution in [0.25, 0.3) is 0 Å². The number of nitrogens with one attached hydrogen (secondary N) is 1. The van der Waals surface area contributed by atoms with Crippen LogP contribution in [0.15, 0.2) is 18.2 Å². The molecule has 0 unspecified atom stereocenters. The Morgan fingerprint density at radius 1 is 1.26 bits per heavy atom. The highest BCUT2D eigenvalue weighted by molar-refractivity contribution is 5.92. The van der Waals surface area contributed by atoms with Gasteiger partial charge in [0, 0.05) is 24.8 Å². The van der Waals surface area contributed by atoms with Crippen LogP contribution in [0.5, 0.6) is 11.5 Å². The highest BCUT2D eigenvalue weighted by atomic mass is 16.5. The van der Waals surface area contributed by atoms with Crippen LogP contribution < -0.4 is 19.7 Å². The molecule has 1 aromatic rings. The molecule has 0 radical (unpaired) electrons. The van der Waals surface area contributed by atoms with Crippen molar-refractivity contribution < 1.29 is 14.3 Å². The van der Waals surface area contributed by atoms with Crippen molar-refractivity contribution in [3.63, 3.8) is 0 Å². The maximum Gasteiger partial charge on any atom is 0.321 e. The van der Waals surface area contributed by atoms with Crippen molar-refractivity contribution >= 4 is 11.7 Å². The Labute approximate surface area is 139 Å². The Balaban J connectivity index is 2.09. The van der Waals surface area contributed by atoms with E-state index in [9.17, 15) is 4.79 Å². The first-order valence-corrected chi connectivity index (χ1v) is 8.48. The summed E-state index contributed by atoms with van der Waals surface area (Å²) in [5, 5.41) is 2.92. The topological polar surface area (TPSA) is 50.8 Å². The van der Waals surface area contributed by atoms with Crippen molar-refractivity contribution in [1.29, 1.82) is 0 Å². The molecule has 2 amide bonds. The van der Waals surface area contributed by atoms with E-state index in [4.69, 9.17) is 9.47 Å². The average Bonchev–Trinajstić information content (AvgIpc) is 2.75. The van der Waals surface area contributed by atoms with E-state index in [1.54, 1.807) is 12.0 Å². The first kappa shape index (κ1) is 17.4. The second-order valence-electron chi connectivity index (χ2n) is 6.31. The number of nitrogens with zero attached hydrogens (tertiary/aromatic N) is 1. The smallest absolute Gasteiger partial charge is 0.321 e. The molecule has 1 fully saturated rings. The van der Waals surface area contributed by atoms with Gasteiger partial charge in [0.1, 0.15) is 0 Å². The molecule has 0 spiro atoms. The van der Waals surface area contributed by atoms with Gasteiger partial charge in [0.05, 0.1) is 13.7 Å². The second-order valence-corrected chi connectivity index (χ2v) is 6.31. The lowest BCUT2D eigenvalue weighted by atomic mass is 10.1. The molecule has 1 N–H and O–H groups in total. The summed E-state index contributed by atoms with van der Waals surface area (Å²) >= 11 is 0. The SMILES string of the molecule is COc1ccc(N2CCCCNC2=O)cc1OCCCC(C)C. The fraction of sp³-hybridized carbons (Fsp3) is 0.611. The van der Waals surface area contributed by atoms with Crippen LogP contribution in [0.3, 0.4) is 0 Å². The molecule has 128 valence electrons. The molecule has 5 heteroatoms. The minimum atomic E-state index is -0.0431. The van der Waals surface area contributed by atoms with E-state index in [1.165, 1.54) is 0 Å². The van der Waals surface area contributed by atoms with Crippen LogP contribution in [0, 0.1) is 5.92 Å². The van der Waals surface area contributed by atoms with E-state index in [0.717, 1.165) is 44.5 Å². The summed E-state index contributed by atoms with van der Waals surface area (Å²) in [7, 11) is 1.63. The predicted octanol–water partition coefficient (Wildman–Crippen LogP) is 3.82. The number of carbonyl (C=O) groups is 1. The van der Waals surface area contributed by atoms with Crippen molar-refractivity contribution in [2.75, 3.05) is 31.7 Å². The van der Waals surface area contributed by atoms with Crippen molar-refractivity contribution in [2.24, 2.45) is 5.92 Å². The second kappa shape index (κ2) is 8.65. The van der Waals surface area contributed by atoms with Crippen LogP contribution in [0.1, 0.15) is 39.5 Å². The molecule has 1 aromatic carbocycles. The van der Waals surface area contributed by atoms with Gasteiger partial charge in [-0.2, -0.15) is 0 Å². The zero-order chi connectivity index (χ0) is 16.7. The molecule has 1 aliphatic rings. The molecular weight excluding hydrogens is 292 g/mol. The number of urea groups is 1. The molecular formula is C18H28N2O3. The first-order valence-electron chi connectivity index (χ1n) is 8.48. The van der Waals surface area contributed by atoms with Gasteiger partial charge < -0.3 is 14.8 Å². The van der Waals surface area contributed by atoms with Gasteiger partial charge in [-0.3, -0.25) is 4.90 Å². The molecule has 23 heavy (non-hydrogen) atoms. The summed E-state index contributed by atoms with van der Waals surface area (Å²) in [5.74, 6) is 2.08. The summed E-state index contributed by atoms with van der Waals surface area (Å²) in [6.07, 6.45) is 4.15. The number of hydrogen-bond acceptors (Lipinski definition) is 3. The van der Waals surface area contributed by atoms with Crippen LogP contribution in [0.4, 0.5) is 10.5 Å². The molecule has 1 saturated heterocycles. The molecule has 2 rings (SSSR count). The standard InChI is InChI=1S/C18H28N2O3/c1-14(2)7-6-12-23-17-13-15(8-9-16(17)22-3)20-11-5-4-10-19-18(20)21/h8-9,13-14H,4-7,10-12H2,1-3H3,(H,19,21). The van der Waals surface area contributed by atoms with E-state index < -0.39 is 0 Å². The van der Waals surface area contributed by atoms with Crippen LogP contribution in [-0.4, -0.2) is 32.8 Å². The van der Waals surface area contributed by atoms with Gasteiger partial charge in [0.25, 0.3) is 0 Å². The number of carbonyl (C=O) groups excluding carboxylic acids is 1. The van der Waals surface area contributed by atoms with Gasteiger partial charge in [0.2, 0.25) is 0 Å². The monoisotopic (exact) mass is 320 g/mol. The molecule has 0 bridgehead atoms. The quantitative estimate of drug-likeness (QED) is 0.777. The third-order valence-electron chi connectivity index (χ3n) is 3.97. The van der Waals surface area contributed by atoms with Gasteiger partial charge in [-0.25, -0.2) is 4.79 Å². The lowest BCUT2D eigenvalue weighted by Gasteiger charge is -2.22.